The number of piperidine rings is 1. The number of nitrogens with two attached hydrogens (primary N) is 1. The van der Waals surface area contributed by atoms with Gasteiger partial charge in [-0.15, -0.1) is 0 Å². The second-order valence-corrected chi connectivity index (χ2v) is 3.85. The van der Waals surface area contributed by atoms with Gasteiger partial charge >= 0.3 is 5.69 Å². The highest BCUT2D eigenvalue weighted by atomic mass is 16.6. The number of hydrogen-bond donors (Lipinski definition) is 1. The standard InChI is InChI=1S/C9H13N5O2/c10-7-2-1-3-13(6-7)9-11-4-8(5-12-9)14(15)16/h4-5,7H,1-3,6,10H2/t7-/m1/s1. The van der Waals surface area contributed by atoms with E-state index in [1.165, 1.54) is 12.4 Å². The Balaban J connectivity index is 2.11. The molecule has 1 aromatic heterocycles. The Morgan fingerprint density at radius 1 is 1.50 bits per heavy atom. The van der Waals surface area contributed by atoms with E-state index in [4.69, 9.17) is 5.73 Å². The maximum atomic E-state index is 10.4. The summed E-state index contributed by atoms with van der Waals surface area (Å²) in [7, 11) is 0. The lowest BCUT2D eigenvalue weighted by Gasteiger charge is -2.30. The zero-order valence-corrected chi connectivity index (χ0v) is 8.74. The highest BCUT2D eigenvalue weighted by Crippen LogP contribution is 2.16. The van der Waals surface area contributed by atoms with Crippen molar-refractivity contribution in [3.63, 3.8) is 0 Å². The first-order valence-electron chi connectivity index (χ1n) is 5.14. The summed E-state index contributed by atoms with van der Waals surface area (Å²) in [6.45, 7) is 1.56. The second-order valence-electron chi connectivity index (χ2n) is 3.85. The summed E-state index contributed by atoms with van der Waals surface area (Å²) in [6.07, 6.45) is 4.45. The number of nitro groups is 1. The van der Waals surface area contributed by atoms with Gasteiger partial charge in [-0.25, -0.2) is 9.97 Å². The van der Waals surface area contributed by atoms with Gasteiger partial charge in [0.25, 0.3) is 0 Å². The van der Waals surface area contributed by atoms with E-state index in [0.29, 0.717) is 12.5 Å². The average molecular weight is 223 g/mol. The SMILES string of the molecule is N[C@@H]1CCCN(c2ncc([N+](=O)[O-])cn2)C1. The molecule has 1 atom stereocenters. The summed E-state index contributed by atoms with van der Waals surface area (Å²) in [5.74, 6) is 0.515. The molecule has 2 N–H and O–H groups in total. The van der Waals surface area contributed by atoms with Crippen molar-refractivity contribution in [1.82, 2.24) is 9.97 Å². The number of anilines is 1. The van der Waals surface area contributed by atoms with Gasteiger partial charge in [0.15, 0.2) is 0 Å². The van der Waals surface area contributed by atoms with Crippen LogP contribution in [0.5, 0.6) is 0 Å². The molecular weight excluding hydrogens is 210 g/mol. The summed E-state index contributed by atoms with van der Waals surface area (Å²) in [4.78, 5) is 19.8. The van der Waals surface area contributed by atoms with Gasteiger partial charge in [-0.1, -0.05) is 0 Å². The third kappa shape index (κ3) is 2.25. The van der Waals surface area contributed by atoms with Crippen molar-refractivity contribution >= 4 is 11.6 Å². The van der Waals surface area contributed by atoms with E-state index < -0.39 is 4.92 Å². The molecule has 0 bridgehead atoms. The van der Waals surface area contributed by atoms with Crippen molar-refractivity contribution in [1.29, 1.82) is 0 Å². The van der Waals surface area contributed by atoms with Crippen LogP contribution < -0.4 is 10.6 Å². The Bertz CT molecular complexity index is 380. The maximum absolute atomic E-state index is 10.4. The molecule has 1 aliphatic rings. The van der Waals surface area contributed by atoms with Crippen molar-refractivity contribution in [3.8, 4) is 0 Å². The lowest BCUT2D eigenvalue weighted by Crippen LogP contribution is -2.43. The van der Waals surface area contributed by atoms with Gasteiger partial charge < -0.3 is 10.6 Å². The zero-order chi connectivity index (χ0) is 11.5. The minimum absolute atomic E-state index is 0.0925. The first kappa shape index (κ1) is 10.7. The fourth-order valence-corrected chi connectivity index (χ4v) is 1.76. The summed E-state index contributed by atoms with van der Waals surface area (Å²) in [6, 6.07) is 0.132. The van der Waals surface area contributed by atoms with E-state index in [2.05, 4.69) is 9.97 Å². The molecular formula is C9H13N5O2. The summed E-state index contributed by atoms with van der Waals surface area (Å²) >= 11 is 0. The van der Waals surface area contributed by atoms with E-state index >= 15 is 0 Å². The molecule has 2 rings (SSSR count). The number of nitrogens with zero attached hydrogens (tertiary/aromatic N) is 4. The highest BCUT2D eigenvalue weighted by molar-refractivity contribution is 5.34. The predicted molar refractivity (Wildman–Crippen MR) is 58.1 cm³/mol. The van der Waals surface area contributed by atoms with Gasteiger partial charge in [-0.2, -0.15) is 0 Å². The van der Waals surface area contributed by atoms with Gasteiger partial charge in [0, 0.05) is 19.1 Å². The molecule has 86 valence electrons. The molecule has 0 saturated carbocycles. The number of hydrogen-bond acceptors (Lipinski definition) is 6. The van der Waals surface area contributed by atoms with Crippen LogP contribution in [-0.2, 0) is 0 Å². The first-order valence-corrected chi connectivity index (χ1v) is 5.14. The van der Waals surface area contributed by atoms with E-state index in [1.807, 2.05) is 4.90 Å². The molecule has 0 amide bonds. The monoisotopic (exact) mass is 223 g/mol. The molecule has 2 heterocycles. The second kappa shape index (κ2) is 4.40. The van der Waals surface area contributed by atoms with Crippen LogP contribution in [-0.4, -0.2) is 34.0 Å². The predicted octanol–water partition coefficient (Wildman–Crippen LogP) is 0.312. The molecule has 0 spiro atoms. The Morgan fingerprint density at radius 2 is 2.19 bits per heavy atom. The normalized spacial score (nSPS) is 20.8. The van der Waals surface area contributed by atoms with Crippen molar-refractivity contribution in [2.24, 2.45) is 5.73 Å². The van der Waals surface area contributed by atoms with Crippen LogP contribution in [0.2, 0.25) is 0 Å². The van der Waals surface area contributed by atoms with Crippen LogP contribution >= 0.6 is 0 Å². The van der Waals surface area contributed by atoms with E-state index in [1.54, 1.807) is 0 Å². The first-order chi connectivity index (χ1) is 7.66. The van der Waals surface area contributed by atoms with Gasteiger partial charge in [0.2, 0.25) is 5.95 Å². The molecule has 1 saturated heterocycles. The fourth-order valence-electron chi connectivity index (χ4n) is 1.76. The molecule has 0 aliphatic carbocycles. The van der Waals surface area contributed by atoms with E-state index in [9.17, 15) is 10.1 Å². The fraction of sp³-hybridized carbons (Fsp3) is 0.556. The third-order valence-electron chi connectivity index (χ3n) is 2.58. The van der Waals surface area contributed by atoms with Crippen LogP contribution in [0.4, 0.5) is 11.6 Å². The number of rotatable bonds is 2. The molecule has 7 nitrogen and oxygen atoms in total. The van der Waals surface area contributed by atoms with Crippen LogP contribution in [0.25, 0.3) is 0 Å². The minimum atomic E-state index is -0.508. The van der Waals surface area contributed by atoms with Crippen molar-refractivity contribution in [3.05, 3.63) is 22.5 Å². The van der Waals surface area contributed by atoms with Gasteiger partial charge in [-0.3, -0.25) is 10.1 Å². The lowest BCUT2D eigenvalue weighted by atomic mass is 10.1. The largest absolute Gasteiger partial charge is 0.339 e. The molecule has 1 aliphatic heterocycles. The van der Waals surface area contributed by atoms with Crippen LogP contribution in [0, 0.1) is 10.1 Å². The minimum Gasteiger partial charge on any atom is -0.339 e. The van der Waals surface area contributed by atoms with Crippen molar-refractivity contribution in [2.45, 2.75) is 18.9 Å². The highest BCUT2D eigenvalue weighted by Gasteiger charge is 2.19. The molecule has 16 heavy (non-hydrogen) atoms. The van der Waals surface area contributed by atoms with E-state index in [-0.39, 0.29) is 11.7 Å². The van der Waals surface area contributed by atoms with Crippen molar-refractivity contribution in [2.75, 3.05) is 18.0 Å². The molecule has 0 radical (unpaired) electrons. The van der Waals surface area contributed by atoms with E-state index in [0.717, 1.165) is 19.4 Å². The van der Waals surface area contributed by atoms with Gasteiger partial charge in [0.1, 0.15) is 12.4 Å². The van der Waals surface area contributed by atoms with Crippen LogP contribution in [0.15, 0.2) is 12.4 Å². The van der Waals surface area contributed by atoms with Crippen molar-refractivity contribution < 1.29 is 4.92 Å². The molecule has 1 fully saturated rings. The zero-order valence-electron chi connectivity index (χ0n) is 8.74. The van der Waals surface area contributed by atoms with Crippen LogP contribution in [0.1, 0.15) is 12.8 Å². The maximum Gasteiger partial charge on any atom is 0.305 e. The number of aromatic nitrogens is 2. The lowest BCUT2D eigenvalue weighted by molar-refractivity contribution is -0.385. The van der Waals surface area contributed by atoms with Crippen LogP contribution in [0.3, 0.4) is 0 Å². The topological polar surface area (TPSA) is 98.2 Å². The third-order valence-corrected chi connectivity index (χ3v) is 2.58. The Kier molecular flexibility index (Phi) is 2.95. The molecule has 7 heteroatoms. The summed E-state index contributed by atoms with van der Waals surface area (Å²) < 4.78 is 0. The smallest absolute Gasteiger partial charge is 0.305 e. The van der Waals surface area contributed by atoms with Gasteiger partial charge in [0.05, 0.1) is 4.92 Å². The Morgan fingerprint density at radius 3 is 2.75 bits per heavy atom. The Labute approximate surface area is 92.4 Å². The molecule has 1 aromatic rings. The summed E-state index contributed by atoms with van der Waals surface area (Å²) in [5.41, 5.74) is 5.74. The average Bonchev–Trinajstić information content (AvgIpc) is 2.29. The van der Waals surface area contributed by atoms with Gasteiger partial charge in [-0.05, 0) is 12.8 Å². The Hall–Kier alpha value is -1.76. The summed E-state index contributed by atoms with van der Waals surface area (Å²) in [5, 5.41) is 10.4. The molecule has 0 aromatic carbocycles. The quantitative estimate of drug-likeness (QED) is 0.572. The molecule has 0 unspecified atom stereocenters.